The Kier molecular flexibility index (Phi) is 4.59. The van der Waals surface area contributed by atoms with E-state index in [0.29, 0.717) is 12.1 Å². The van der Waals surface area contributed by atoms with Crippen molar-refractivity contribution in [2.24, 2.45) is 5.10 Å². The van der Waals surface area contributed by atoms with Crippen molar-refractivity contribution in [3.05, 3.63) is 60.2 Å². The van der Waals surface area contributed by atoms with Crippen LogP contribution in [0.25, 0.3) is 0 Å². The molecule has 5 nitrogen and oxygen atoms in total. The van der Waals surface area contributed by atoms with Gasteiger partial charge in [-0.15, -0.1) is 0 Å². The molecule has 0 fully saturated rings. The molecule has 0 unspecified atom stereocenters. The first-order valence-corrected chi connectivity index (χ1v) is 7.94. The summed E-state index contributed by atoms with van der Waals surface area (Å²) in [6.45, 7) is 1.88. The van der Waals surface area contributed by atoms with Crippen LogP contribution in [-0.2, 0) is 10.0 Å². The number of nitrogens with one attached hydrogen (secondary N) is 1. The van der Waals surface area contributed by atoms with Crippen LogP contribution in [0, 0.1) is 0 Å². The highest BCUT2D eigenvalue weighted by Gasteiger charge is 2.12. The molecule has 21 heavy (non-hydrogen) atoms. The molecule has 110 valence electrons. The van der Waals surface area contributed by atoms with Gasteiger partial charge in [-0.25, -0.2) is 0 Å². The fourth-order valence-corrected chi connectivity index (χ4v) is 2.62. The zero-order chi connectivity index (χ0) is 15.3. The van der Waals surface area contributed by atoms with Gasteiger partial charge in [0.05, 0.1) is 10.6 Å². The summed E-state index contributed by atoms with van der Waals surface area (Å²) in [4.78, 5) is 2.40. The van der Waals surface area contributed by atoms with Gasteiger partial charge in [0.2, 0.25) is 0 Å². The van der Waals surface area contributed by atoms with Gasteiger partial charge in [-0.1, -0.05) is 25.1 Å². The summed E-state index contributed by atoms with van der Waals surface area (Å²) in [6, 6.07) is 14.5. The smallest absolute Gasteiger partial charge is 0.276 e. The molecule has 2 aromatic rings. The van der Waals surface area contributed by atoms with Gasteiger partial charge < -0.3 is 5.11 Å². The number of hydrazone groups is 1. The first kappa shape index (κ1) is 15.1. The van der Waals surface area contributed by atoms with E-state index in [1.807, 2.05) is 6.92 Å². The number of sulfonamides is 1. The van der Waals surface area contributed by atoms with E-state index in [1.165, 1.54) is 24.3 Å². The molecule has 0 saturated heterocycles. The van der Waals surface area contributed by atoms with Gasteiger partial charge in [0.15, 0.2) is 0 Å². The second-order valence-electron chi connectivity index (χ2n) is 4.37. The van der Waals surface area contributed by atoms with Crippen molar-refractivity contribution in [3.63, 3.8) is 0 Å². The van der Waals surface area contributed by atoms with Gasteiger partial charge in [0, 0.05) is 0 Å². The summed E-state index contributed by atoms with van der Waals surface area (Å²) < 4.78 is 24.2. The van der Waals surface area contributed by atoms with Gasteiger partial charge in [-0.3, -0.25) is 0 Å². The van der Waals surface area contributed by atoms with Crippen LogP contribution in [0.3, 0.4) is 0 Å². The number of phenols is 1. The Morgan fingerprint density at radius 3 is 2.29 bits per heavy atom. The SMILES string of the molecule is CCC(=NNS(=O)(=O)c1ccccc1)c1ccc(O)cc1. The molecule has 0 heterocycles. The standard InChI is InChI=1S/C15H16N2O3S/c1-2-15(12-8-10-13(18)11-9-12)16-17-21(19,20)14-6-4-3-5-7-14/h3-11,17-18H,2H2,1H3. The molecule has 0 amide bonds. The lowest BCUT2D eigenvalue weighted by atomic mass is 10.1. The van der Waals surface area contributed by atoms with Crippen LogP contribution >= 0.6 is 0 Å². The Bertz CT molecular complexity index is 723. The van der Waals surface area contributed by atoms with Crippen LogP contribution in [0.2, 0.25) is 0 Å². The second-order valence-corrected chi connectivity index (χ2v) is 6.03. The van der Waals surface area contributed by atoms with Crippen LogP contribution < -0.4 is 4.83 Å². The monoisotopic (exact) mass is 304 g/mol. The number of aromatic hydroxyl groups is 1. The molecule has 0 aliphatic carbocycles. The molecule has 2 aromatic carbocycles. The molecule has 0 radical (unpaired) electrons. The first-order chi connectivity index (χ1) is 10.0. The van der Waals surface area contributed by atoms with Gasteiger partial charge in [0.1, 0.15) is 5.75 Å². The van der Waals surface area contributed by atoms with Crippen molar-refractivity contribution in [2.45, 2.75) is 18.2 Å². The van der Waals surface area contributed by atoms with Crippen molar-refractivity contribution >= 4 is 15.7 Å². The third-order valence-electron chi connectivity index (χ3n) is 2.89. The van der Waals surface area contributed by atoms with Crippen LogP contribution in [0.4, 0.5) is 0 Å². The van der Waals surface area contributed by atoms with E-state index in [-0.39, 0.29) is 10.6 Å². The Morgan fingerprint density at radius 1 is 1.10 bits per heavy atom. The molecule has 2 rings (SSSR count). The zero-order valence-electron chi connectivity index (χ0n) is 11.5. The zero-order valence-corrected chi connectivity index (χ0v) is 12.3. The molecule has 0 atom stereocenters. The van der Waals surface area contributed by atoms with Gasteiger partial charge in [-0.2, -0.15) is 18.4 Å². The molecule has 0 aromatic heterocycles. The minimum atomic E-state index is -3.67. The highest BCUT2D eigenvalue weighted by molar-refractivity contribution is 7.89. The van der Waals surface area contributed by atoms with Gasteiger partial charge in [0.25, 0.3) is 10.0 Å². The lowest BCUT2D eigenvalue weighted by Crippen LogP contribution is -2.20. The van der Waals surface area contributed by atoms with Crippen molar-refractivity contribution in [1.29, 1.82) is 0 Å². The fraction of sp³-hybridized carbons (Fsp3) is 0.133. The summed E-state index contributed by atoms with van der Waals surface area (Å²) in [5.74, 6) is 0.152. The number of rotatable bonds is 5. The van der Waals surface area contributed by atoms with E-state index in [2.05, 4.69) is 9.93 Å². The van der Waals surface area contributed by atoms with Crippen molar-refractivity contribution in [1.82, 2.24) is 4.83 Å². The van der Waals surface area contributed by atoms with E-state index in [0.717, 1.165) is 5.56 Å². The molecule has 0 saturated carbocycles. The number of benzene rings is 2. The Morgan fingerprint density at radius 2 is 1.71 bits per heavy atom. The van der Waals surface area contributed by atoms with E-state index in [1.54, 1.807) is 30.3 Å². The molecule has 0 aliphatic rings. The van der Waals surface area contributed by atoms with Gasteiger partial charge in [-0.05, 0) is 48.4 Å². The van der Waals surface area contributed by atoms with E-state index in [9.17, 15) is 13.5 Å². The molecule has 0 aliphatic heterocycles. The summed E-state index contributed by atoms with van der Waals surface area (Å²) >= 11 is 0. The highest BCUT2D eigenvalue weighted by atomic mass is 32.2. The van der Waals surface area contributed by atoms with E-state index >= 15 is 0 Å². The normalized spacial score (nSPS) is 12.1. The molecule has 0 spiro atoms. The minimum Gasteiger partial charge on any atom is -0.508 e. The van der Waals surface area contributed by atoms with Gasteiger partial charge >= 0.3 is 0 Å². The number of hydrogen-bond donors (Lipinski definition) is 2. The molecular weight excluding hydrogens is 288 g/mol. The summed E-state index contributed by atoms with van der Waals surface area (Å²) in [7, 11) is -3.67. The topological polar surface area (TPSA) is 78.8 Å². The average Bonchev–Trinajstić information content (AvgIpc) is 2.50. The van der Waals surface area contributed by atoms with Crippen molar-refractivity contribution in [3.8, 4) is 5.75 Å². The quantitative estimate of drug-likeness (QED) is 0.658. The summed E-state index contributed by atoms with van der Waals surface area (Å²) in [5.41, 5.74) is 1.35. The third-order valence-corrected chi connectivity index (χ3v) is 4.11. The minimum absolute atomic E-state index is 0.152. The van der Waals surface area contributed by atoms with Crippen LogP contribution in [-0.4, -0.2) is 19.2 Å². The number of hydrogen-bond acceptors (Lipinski definition) is 4. The van der Waals surface area contributed by atoms with Crippen LogP contribution in [0.1, 0.15) is 18.9 Å². The maximum Gasteiger partial charge on any atom is 0.276 e. The Hall–Kier alpha value is -2.34. The Labute approximate surface area is 124 Å². The first-order valence-electron chi connectivity index (χ1n) is 6.46. The summed E-state index contributed by atoms with van der Waals surface area (Å²) in [5, 5.41) is 13.3. The molecule has 0 bridgehead atoms. The largest absolute Gasteiger partial charge is 0.508 e. The number of phenolic OH excluding ortho intramolecular Hbond substituents is 1. The third kappa shape index (κ3) is 3.82. The van der Waals surface area contributed by atoms with E-state index in [4.69, 9.17) is 0 Å². The lowest BCUT2D eigenvalue weighted by Gasteiger charge is -2.07. The maximum absolute atomic E-state index is 12.1. The highest BCUT2D eigenvalue weighted by Crippen LogP contribution is 2.12. The van der Waals surface area contributed by atoms with Crippen molar-refractivity contribution < 1.29 is 13.5 Å². The predicted molar refractivity (Wildman–Crippen MR) is 81.7 cm³/mol. The predicted octanol–water partition coefficient (Wildman–Crippen LogP) is 2.48. The average molecular weight is 304 g/mol. The maximum atomic E-state index is 12.1. The molecule has 2 N–H and O–H groups in total. The Balaban J connectivity index is 2.24. The van der Waals surface area contributed by atoms with Crippen molar-refractivity contribution in [2.75, 3.05) is 0 Å². The lowest BCUT2D eigenvalue weighted by molar-refractivity contribution is 0.475. The van der Waals surface area contributed by atoms with E-state index < -0.39 is 10.0 Å². The summed E-state index contributed by atoms with van der Waals surface area (Å²) in [6.07, 6.45) is 0.558. The fourth-order valence-electron chi connectivity index (χ4n) is 1.77. The molecular formula is C15H16N2O3S. The number of nitrogens with zero attached hydrogens (tertiary/aromatic N) is 1. The van der Waals surface area contributed by atoms with Crippen LogP contribution in [0.5, 0.6) is 5.75 Å². The molecule has 6 heteroatoms. The second kappa shape index (κ2) is 6.41. The van der Waals surface area contributed by atoms with Crippen LogP contribution in [0.15, 0.2) is 64.6 Å².